The fraction of sp³-hybridized carbons (Fsp3) is 0. The molecule has 6 rings (SSSR count). The highest BCUT2D eigenvalue weighted by atomic mass is 14.9. The second-order valence-electron chi connectivity index (χ2n) is 7.69. The molecule has 0 amide bonds. The molecular weight excluding hydrogens is 392 g/mol. The third-order valence-corrected chi connectivity index (χ3v) is 5.63. The summed E-state index contributed by atoms with van der Waals surface area (Å²) in [7, 11) is 0. The maximum absolute atomic E-state index is 4.96. The molecule has 2 aromatic heterocycles. The molecule has 152 valence electrons. The lowest BCUT2D eigenvalue weighted by atomic mass is 9.93. The highest BCUT2D eigenvalue weighted by Gasteiger charge is 2.21. The number of imidazole rings is 2. The number of nitrogens with one attached hydrogen (secondary N) is 2. The summed E-state index contributed by atoms with van der Waals surface area (Å²) in [5, 5.41) is 0. The normalized spacial score (nSPS) is 12.2. The first-order valence-electron chi connectivity index (χ1n) is 10.6. The van der Waals surface area contributed by atoms with Gasteiger partial charge in [-0.05, 0) is 35.4 Å². The largest absolute Gasteiger partial charge is 0.338 e. The van der Waals surface area contributed by atoms with Crippen molar-refractivity contribution in [3.05, 3.63) is 132 Å². The summed E-state index contributed by atoms with van der Waals surface area (Å²) >= 11 is 0. The van der Waals surface area contributed by atoms with E-state index in [0.717, 1.165) is 56.0 Å². The Balaban J connectivity index is 1.73. The topological polar surface area (TPSA) is 57.4 Å². The van der Waals surface area contributed by atoms with Crippen LogP contribution in [0.2, 0.25) is 0 Å². The quantitative estimate of drug-likeness (QED) is 0.327. The van der Waals surface area contributed by atoms with Crippen molar-refractivity contribution in [2.45, 2.75) is 0 Å². The Hall–Kier alpha value is -4.44. The lowest BCUT2D eigenvalue weighted by Gasteiger charge is -2.13. The van der Waals surface area contributed by atoms with Crippen molar-refractivity contribution < 1.29 is 0 Å². The van der Waals surface area contributed by atoms with Crippen LogP contribution < -0.4 is 0 Å². The molecule has 0 unspecified atom stereocenters. The number of aromatic amines is 2. The van der Waals surface area contributed by atoms with Crippen LogP contribution in [-0.2, 0) is 0 Å². The highest BCUT2D eigenvalue weighted by Crippen LogP contribution is 2.35. The van der Waals surface area contributed by atoms with Gasteiger partial charge in [0.15, 0.2) is 0 Å². The second-order valence-corrected chi connectivity index (χ2v) is 7.69. The Morgan fingerprint density at radius 2 is 0.812 bits per heavy atom. The zero-order valence-electron chi connectivity index (χ0n) is 17.3. The maximum atomic E-state index is 4.96. The molecule has 0 spiro atoms. The lowest BCUT2D eigenvalue weighted by Crippen LogP contribution is -2.00. The smallest absolute Gasteiger partial charge is 0.139 e. The van der Waals surface area contributed by atoms with E-state index in [1.807, 2.05) is 48.5 Å². The fourth-order valence-electron chi connectivity index (χ4n) is 4.15. The number of fused-ring (bicyclic) bond motifs is 2. The molecule has 4 aromatic carbocycles. The van der Waals surface area contributed by atoms with Crippen LogP contribution in [0.15, 0.2) is 109 Å². The van der Waals surface area contributed by atoms with Gasteiger partial charge in [0.2, 0.25) is 0 Å². The third-order valence-electron chi connectivity index (χ3n) is 5.63. The first kappa shape index (κ1) is 18.3. The molecule has 0 atom stereocenters. The van der Waals surface area contributed by atoms with Gasteiger partial charge in [-0.15, -0.1) is 0 Å². The number of rotatable bonds is 4. The van der Waals surface area contributed by atoms with Gasteiger partial charge >= 0.3 is 0 Å². The Morgan fingerprint density at radius 1 is 0.438 bits per heavy atom. The SMILES string of the molecule is c1ccc(C(=C(c2ccccc2)c2nc3ccccc3[nH]2)c2nc3ccccc3[nH]2)cc1. The Kier molecular flexibility index (Phi) is 4.40. The molecule has 0 saturated heterocycles. The van der Waals surface area contributed by atoms with Crippen LogP contribution in [-0.4, -0.2) is 19.9 Å². The summed E-state index contributed by atoms with van der Waals surface area (Å²) in [4.78, 5) is 17.0. The average molecular weight is 412 g/mol. The number of benzene rings is 4. The summed E-state index contributed by atoms with van der Waals surface area (Å²) in [6.45, 7) is 0. The van der Waals surface area contributed by atoms with Crippen molar-refractivity contribution in [1.82, 2.24) is 19.9 Å². The van der Waals surface area contributed by atoms with E-state index in [1.54, 1.807) is 0 Å². The molecule has 4 nitrogen and oxygen atoms in total. The van der Waals surface area contributed by atoms with E-state index in [0.29, 0.717) is 0 Å². The zero-order chi connectivity index (χ0) is 21.3. The summed E-state index contributed by atoms with van der Waals surface area (Å²) in [6.07, 6.45) is 0. The minimum Gasteiger partial charge on any atom is -0.338 e. The second kappa shape index (κ2) is 7.67. The van der Waals surface area contributed by atoms with E-state index in [-0.39, 0.29) is 0 Å². The molecular formula is C28H20N4. The first-order chi connectivity index (χ1) is 15.9. The van der Waals surface area contributed by atoms with Gasteiger partial charge in [0.25, 0.3) is 0 Å². The van der Waals surface area contributed by atoms with Crippen LogP contribution in [0, 0.1) is 0 Å². The van der Waals surface area contributed by atoms with Crippen LogP contribution in [0.4, 0.5) is 0 Å². The van der Waals surface area contributed by atoms with Gasteiger partial charge in [0.05, 0.1) is 22.1 Å². The van der Waals surface area contributed by atoms with Gasteiger partial charge in [-0.25, -0.2) is 9.97 Å². The van der Waals surface area contributed by atoms with Gasteiger partial charge in [-0.3, -0.25) is 0 Å². The number of H-pyrrole nitrogens is 2. The summed E-state index contributed by atoms with van der Waals surface area (Å²) in [6, 6.07) is 37.0. The molecule has 0 fully saturated rings. The number of para-hydroxylation sites is 4. The average Bonchev–Trinajstić information content (AvgIpc) is 3.47. The van der Waals surface area contributed by atoms with Crippen molar-refractivity contribution in [3.63, 3.8) is 0 Å². The summed E-state index contributed by atoms with van der Waals surface area (Å²) in [5.74, 6) is 1.63. The molecule has 0 radical (unpaired) electrons. The lowest BCUT2D eigenvalue weighted by molar-refractivity contribution is 1.23. The van der Waals surface area contributed by atoms with E-state index < -0.39 is 0 Å². The van der Waals surface area contributed by atoms with Gasteiger partial charge < -0.3 is 9.97 Å². The van der Waals surface area contributed by atoms with Crippen LogP contribution >= 0.6 is 0 Å². The zero-order valence-corrected chi connectivity index (χ0v) is 17.3. The summed E-state index contributed by atoms with van der Waals surface area (Å²) in [5.41, 5.74) is 8.05. The van der Waals surface area contributed by atoms with Gasteiger partial charge in [0.1, 0.15) is 11.6 Å². The van der Waals surface area contributed by atoms with Gasteiger partial charge in [0, 0.05) is 11.1 Å². The molecule has 0 saturated carbocycles. The van der Waals surface area contributed by atoms with Crippen molar-refractivity contribution in [1.29, 1.82) is 0 Å². The first-order valence-corrected chi connectivity index (χ1v) is 10.6. The predicted octanol–water partition coefficient (Wildman–Crippen LogP) is 6.45. The van der Waals surface area contributed by atoms with Crippen molar-refractivity contribution in [2.24, 2.45) is 0 Å². The Morgan fingerprint density at radius 3 is 1.22 bits per heavy atom. The van der Waals surface area contributed by atoms with E-state index >= 15 is 0 Å². The molecule has 0 aliphatic rings. The van der Waals surface area contributed by atoms with E-state index in [2.05, 4.69) is 70.6 Å². The van der Waals surface area contributed by atoms with Crippen molar-refractivity contribution >= 4 is 33.2 Å². The van der Waals surface area contributed by atoms with E-state index in [9.17, 15) is 0 Å². The molecule has 4 heteroatoms. The fourth-order valence-corrected chi connectivity index (χ4v) is 4.15. The number of hydrogen-bond acceptors (Lipinski definition) is 2. The maximum Gasteiger partial charge on any atom is 0.139 e. The standard InChI is InChI=1S/C28H20N4/c1-3-11-19(12-4-1)25(27-29-21-15-7-8-16-22(21)30-27)26(20-13-5-2-6-14-20)28-31-23-17-9-10-18-24(23)32-28/h1-18H,(H,29,30)(H,31,32). The third kappa shape index (κ3) is 3.19. The van der Waals surface area contributed by atoms with Gasteiger partial charge in [-0.1, -0.05) is 84.9 Å². The van der Waals surface area contributed by atoms with Gasteiger partial charge in [-0.2, -0.15) is 0 Å². The molecule has 0 bridgehead atoms. The van der Waals surface area contributed by atoms with E-state index in [1.165, 1.54) is 0 Å². The molecule has 6 aromatic rings. The van der Waals surface area contributed by atoms with Crippen LogP contribution in [0.1, 0.15) is 22.8 Å². The monoisotopic (exact) mass is 412 g/mol. The predicted molar refractivity (Wildman–Crippen MR) is 130 cm³/mol. The minimum atomic E-state index is 0.816. The number of aromatic nitrogens is 4. The van der Waals surface area contributed by atoms with E-state index in [4.69, 9.17) is 9.97 Å². The minimum absolute atomic E-state index is 0.816. The Labute approximate surface area is 185 Å². The molecule has 0 aliphatic heterocycles. The van der Waals surface area contributed by atoms with Crippen molar-refractivity contribution in [2.75, 3.05) is 0 Å². The summed E-state index contributed by atoms with van der Waals surface area (Å²) < 4.78 is 0. The van der Waals surface area contributed by atoms with Crippen molar-refractivity contribution in [3.8, 4) is 0 Å². The molecule has 2 heterocycles. The molecule has 0 aliphatic carbocycles. The number of hydrogen-bond donors (Lipinski definition) is 2. The highest BCUT2D eigenvalue weighted by molar-refractivity contribution is 6.03. The van der Waals surface area contributed by atoms with Crippen LogP contribution in [0.3, 0.4) is 0 Å². The number of nitrogens with zero attached hydrogens (tertiary/aromatic N) is 2. The van der Waals surface area contributed by atoms with Crippen LogP contribution in [0.25, 0.3) is 33.2 Å². The molecule has 2 N–H and O–H groups in total. The van der Waals surface area contributed by atoms with Crippen LogP contribution in [0.5, 0.6) is 0 Å². The molecule has 32 heavy (non-hydrogen) atoms. The Bertz CT molecular complexity index is 1370.